The van der Waals surface area contributed by atoms with Gasteiger partial charge in [0, 0.05) is 29.6 Å². The fourth-order valence-electron chi connectivity index (χ4n) is 3.44. The van der Waals surface area contributed by atoms with E-state index in [-0.39, 0.29) is 5.91 Å². The number of aromatic nitrogens is 1. The Bertz CT molecular complexity index is 1080. The van der Waals surface area contributed by atoms with Gasteiger partial charge in [-0.1, -0.05) is 47.6 Å². The molecule has 166 valence electrons. The Labute approximate surface area is 192 Å². The second-order valence-corrected chi connectivity index (χ2v) is 8.43. The topological polar surface area (TPSA) is 64.8 Å². The fourth-order valence-corrected chi connectivity index (χ4v) is 4.48. The molecule has 0 aliphatic carbocycles. The molecule has 0 radical (unpaired) electrons. The van der Waals surface area contributed by atoms with E-state index in [2.05, 4.69) is 5.16 Å². The van der Waals surface area contributed by atoms with Gasteiger partial charge in [0.2, 0.25) is 5.91 Å². The molecule has 1 aromatic heterocycles. The number of rotatable bonds is 8. The van der Waals surface area contributed by atoms with Gasteiger partial charge in [0.1, 0.15) is 19.0 Å². The molecule has 6 nitrogen and oxygen atoms in total. The Balaban J connectivity index is 1.48. The van der Waals surface area contributed by atoms with E-state index in [0.29, 0.717) is 42.8 Å². The first-order valence-corrected chi connectivity index (χ1v) is 11.7. The summed E-state index contributed by atoms with van der Waals surface area (Å²) in [6.07, 6.45) is 4.03. The summed E-state index contributed by atoms with van der Waals surface area (Å²) in [6.45, 7) is 5.32. The number of fused-ring (bicyclic) bond motifs is 1. The van der Waals surface area contributed by atoms with Crippen LogP contribution in [0.4, 0.5) is 5.69 Å². The maximum atomic E-state index is 13.2. The summed E-state index contributed by atoms with van der Waals surface area (Å²) >= 11 is 1.56. The van der Waals surface area contributed by atoms with Gasteiger partial charge in [-0.15, -0.1) is 11.8 Å². The van der Waals surface area contributed by atoms with Gasteiger partial charge in [0.25, 0.3) is 0 Å². The van der Waals surface area contributed by atoms with Crippen molar-refractivity contribution in [1.29, 1.82) is 0 Å². The van der Waals surface area contributed by atoms with Crippen LogP contribution in [-0.4, -0.2) is 36.6 Å². The Hall–Kier alpha value is -3.19. The molecule has 1 aliphatic rings. The molecule has 3 aromatic rings. The minimum atomic E-state index is 0.0242. The van der Waals surface area contributed by atoms with E-state index in [9.17, 15) is 4.79 Å². The van der Waals surface area contributed by atoms with Crippen LogP contribution in [0.2, 0.25) is 0 Å². The monoisotopic (exact) mass is 450 g/mol. The van der Waals surface area contributed by atoms with Crippen LogP contribution in [-0.2, 0) is 10.5 Å². The summed E-state index contributed by atoms with van der Waals surface area (Å²) in [5, 5.41) is 3.99. The smallest absolute Gasteiger partial charge is 0.237 e. The van der Waals surface area contributed by atoms with Crippen molar-refractivity contribution >= 4 is 29.4 Å². The van der Waals surface area contributed by atoms with Crippen molar-refractivity contribution in [2.45, 2.75) is 19.6 Å². The van der Waals surface area contributed by atoms with E-state index in [1.807, 2.05) is 74.5 Å². The van der Waals surface area contributed by atoms with Crippen LogP contribution in [0.25, 0.3) is 6.08 Å². The predicted octanol–water partition coefficient (Wildman–Crippen LogP) is 5.04. The minimum absolute atomic E-state index is 0.0242. The second-order valence-electron chi connectivity index (χ2n) is 7.44. The minimum Gasteiger partial charge on any atom is -0.486 e. The van der Waals surface area contributed by atoms with Crippen molar-refractivity contribution in [3.63, 3.8) is 0 Å². The zero-order chi connectivity index (χ0) is 22.3. The SMILES string of the molecule is Cc1noc(C)c1CSCC(=O)N(C/C=C/c1ccccc1)c1ccc2c(c1)OCCO2. The molecule has 0 saturated heterocycles. The van der Waals surface area contributed by atoms with Gasteiger partial charge >= 0.3 is 0 Å². The molecule has 1 amide bonds. The van der Waals surface area contributed by atoms with E-state index in [1.165, 1.54) is 0 Å². The second kappa shape index (κ2) is 10.4. The molecule has 2 aromatic carbocycles. The Morgan fingerprint density at radius 2 is 1.88 bits per heavy atom. The highest BCUT2D eigenvalue weighted by atomic mass is 32.2. The van der Waals surface area contributed by atoms with Crippen LogP contribution >= 0.6 is 11.8 Å². The quantitative estimate of drug-likeness (QED) is 0.479. The van der Waals surface area contributed by atoms with E-state index in [0.717, 1.165) is 28.3 Å². The van der Waals surface area contributed by atoms with Crippen LogP contribution in [0.3, 0.4) is 0 Å². The van der Waals surface area contributed by atoms with Crippen molar-refractivity contribution in [3.8, 4) is 11.5 Å². The van der Waals surface area contributed by atoms with Gasteiger partial charge < -0.3 is 18.9 Å². The van der Waals surface area contributed by atoms with E-state index in [4.69, 9.17) is 14.0 Å². The summed E-state index contributed by atoms with van der Waals surface area (Å²) in [5.74, 6) is 3.23. The lowest BCUT2D eigenvalue weighted by molar-refractivity contribution is -0.116. The third-order valence-electron chi connectivity index (χ3n) is 5.19. The highest BCUT2D eigenvalue weighted by molar-refractivity contribution is 7.99. The molecule has 0 bridgehead atoms. The molecule has 0 fully saturated rings. The van der Waals surface area contributed by atoms with Crippen molar-refractivity contribution in [2.24, 2.45) is 0 Å². The maximum Gasteiger partial charge on any atom is 0.237 e. The first kappa shape index (κ1) is 22.0. The first-order chi connectivity index (χ1) is 15.6. The number of benzene rings is 2. The first-order valence-electron chi connectivity index (χ1n) is 10.5. The molecule has 0 atom stereocenters. The van der Waals surface area contributed by atoms with Gasteiger partial charge in [0.15, 0.2) is 11.5 Å². The standard InChI is InChI=1S/C25H26N2O4S/c1-18-22(19(2)31-26-18)16-32-17-25(28)27(12-6-9-20-7-4-3-5-8-20)21-10-11-23-24(15-21)30-14-13-29-23/h3-11,15H,12-14,16-17H2,1-2H3/b9-6+. The molecule has 4 rings (SSSR count). The van der Waals surface area contributed by atoms with Gasteiger partial charge in [-0.2, -0.15) is 0 Å². The lowest BCUT2D eigenvalue weighted by Crippen LogP contribution is -2.32. The molecule has 1 aliphatic heterocycles. The average molecular weight is 451 g/mol. The zero-order valence-corrected chi connectivity index (χ0v) is 19.1. The molecule has 7 heteroatoms. The Morgan fingerprint density at radius 3 is 2.62 bits per heavy atom. The molecule has 0 saturated carbocycles. The zero-order valence-electron chi connectivity index (χ0n) is 18.2. The lowest BCUT2D eigenvalue weighted by atomic mass is 10.2. The van der Waals surface area contributed by atoms with Gasteiger partial charge in [0.05, 0.1) is 11.4 Å². The number of hydrogen-bond acceptors (Lipinski definition) is 6. The molecule has 2 heterocycles. The fraction of sp³-hybridized carbons (Fsp3) is 0.280. The number of anilines is 1. The van der Waals surface area contributed by atoms with Crippen molar-refractivity contribution < 1.29 is 18.8 Å². The highest BCUT2D eigenvalue weighted by Crippen LogP contribution is 2.34. The van der Waals surface area contributed by atoms with E-state index < -0.39 is 0 Å². The number of carbonyl (C=O) groups excluding carboxylic acids is 1. The summed E-state index contributed by atoms with van der Waals surface area (Å²) in [6, 6.07) is 15.7. The van der Waals surface area contributed by atoms with Crippen molar-refractivity contribution in [2.75, 3.05) is 30.4 Å². The third-order valence-corrected chi connectivity index (χ3v) is 6.13. The van der Waals surface area contributed by atoms with Gasteiger partial charge in [-0.25, -0.2) is 0 Å². The summed E-state index contributed by atoms with van der Waals surface area (Å²) < 4.78 is 16.6. The molecule has 32 heavy (non-hydrogen) atoms. The van der Waals surface area contributed by atoms with Gasteiger partial charge in [-0.05, 0) is 31.5 Å². The number of carbonyl (C=O) groups is 1. The van der Waals surface area contributed by atoms with Crippen LogP contribution in [0, 0.1) is 13.8 Å². The highest BCUT2D eigenvalue weighted by Gasteiger charge is 2.19. The predicted molar refractivity (Wildman–Crippen MR) is 127 cm³/mol. The number of nitrogens with zero attached hydrogens (tertiary/aromatic N) is 2. The normalized spacial score (nSPS) is 12.8. The summed E-state index contributed by atoms with van der Waals surface area (Å²) in [4.78, 5) is 15.0. The number of hydrogen-bond donors (Lipinski definition) is 0. The molecule has 0 spiro atoms. The number of thioether (sulfide) groups is 1. The van der Waals surface area contributed by atoms with Crippen LogP contribution in [0.15, 0.2) is 59.1 Å². The molecule has 0 unspecified atom stereocenters. The Kier molecular flexibility index (Phi) is 7.17. The lowest BCUT2D eigenvalue weighted by Gasteiger charge is -2.24. The Morgan fingerprint density at radius 1 is 1.09 bits per heavy atom. The number of ether oxygens (including phenoxy) is 2. The van der Waals surface area contributed by atoms with E-state index >= 15 is 0 Å². The number of aryl methyl sites for hydroxylation is 2. The summed E-state index contributed by atoms with van der Waals surface area (Å²) in [7, 11) is 0. The third kappa shape index (κ3) is 5.34. The van der Waals surface area contributed by atoms with Crippen LogP contribution < -0.4 is 14.4 Å². The van der Waals surface area contributed by atoms with Crippen LogP contribution in [0.5, 0.6) is 11.5 Å². The maximum absolute atomic E-state index is 13.2. The molecular weight excluding hydrogens is 424 g/mol. The number of amides is 1. The molecular formula is C25H26N2O4S. The van der Waals surface area contributed by atoms with E-state index in [1.54, 1.807) is 16.7 Å². The van der Waals surface area contributed by atoms with Crippen molar-refractivity contribution in [1.82, 2.24) is 5.16 Å². The largest absolute Gasteiger partial charge is 0.486 e. The van der Waals surface area contributed by atoms with Gasteiger partial charge in [-0.3, -0.25) is 4.79 Å². The average Bonchev–Trinajstić information content (AvgIpc) is 3.14. The molecule has 0 N–H and O–H groups in total. The summed E-state index contributed by atoms with van der Waals surface area (Å²) in [5.41, 5.74) is 3.80. The van der Waals surface area contributed by atoms with Crippen molar-refractivity contribution in [3.05, 3.63) is 77.2 Å². The van der Waals surface area contributed by atoms with Crippen LogP contribution in [0.1, 0.15) is 22.6 Å².